The first-order valence-electron chi connectivity index (χ1n) is 8.27. The van der Waals surface area contributed by atoms with Gasteiger partial charge in [-0.15, -0.1) is 0 Å². The lowest BCUT2D eigenvalue weighted by molar-refractivity contribution is 0.0858. The first-order valence-corrected chi connectivity index (χ1v) is 8.65. The molecular weight excluding hydrogens is 347 g/mol. The zero-order valence-corrected chi connectivity index (χ0v) is 14.2. The number of hydrogen-bond donors (Lipinski definition) is 3. The first kappa shape index (κ1) is 16.4. The zero-order valence-electron chi connectivity index (χ0n) is 13.4. The van der Waals surface area contributed by atoms with Crippen LogP contribution in [0.2, 0.25) is 5.02 Å². The van der Waals surface area contributed by atoms with Crippen molar-refractivity contribution in [2.75, 3.05) is 17.6 Å². The summed E-state index contributed by atoms with van der Waals surface area (Å²) in [6.07, 6.45) is 1.63. The topological polar surface area (TPSA) is 93.2 Å². The number of nitrogen functional groups attached to an aromatic ring is 1. The second-order valence-corrected chi connectivity index (χ2v) is 6.98. The molecule has 0 bridgehead atoms. The molecule has 0 amide bonds. The van der Waals surface area contributed by atoms with Gasteiger partial charge in [-0.1, -0.05) is 11.6 Å². The van der Waals surface area contributed by atoms with Gasteiger partial charge in [-0.2, -0.15) is 9.78 Å². The third-order valence-electron chi connectivity index (χ3n) is 4.97. The van der Waals surface area contributed by atoms with Crippen molar-refractivity contribution >= 4 is 29.0 Å². The molecule has 1 aromatic carbocycles. The normalized spacial score (nSPS) is 22.0. The quantitative estimate of drug-likeness (QED) is 0.722. The third-order valence-corrected chi connectivity index (χ3v) is 5.26. The van der Waals surface area contributed by atoms with E-state index < -0.39 is 17.8 Å². The van der Waals surface area contributed by atoms with Crippen molar-refractivity contribution in [3.8, 4) is 0 Å². The van der Waals surface area contributed by atoms with Crippen LogP contribution in [-0.2, 0) is 12.8 Å². The van der Waals surface area contributed by atoms with E-state index in [9.17, 15) is 14.3 Å². The molecule has 8 heteroatoms. The Morgan fingerprint density at radius 2 is 2.24 bits per heavy atom. The minimum Gasteiger partial charge on any atom is -0.393 e. The summed E-state index contributed by atoms with van der Waals surface area (Å²) in [4.78, 5) is 13.1. The van der Waals surface area contributed by atoms with E-state index in [1.165, 1.54) is 16.8 Å². The van der Waals surface area contributed by atoms with E-state index in [-0.39, 0.29) is 10.9 Å². The maximum atomic E-state index is 13.8. The largest absolute Gasteiger partial charge is 0.393 e. The van der Waals surface area contributed by atoms with Gasteiger partial charge in [0.1, 0.15) is 11.6 Å². The van der Waals surface area contributed by atoms with Gasteiger partial charge in [-0.25, -0.2) is 4.39 Å². The molecule has 2 aromatic rings. The standard InChI is InChI=1S/C17H18ClFN4O2/c18-13-6-8(19)5-12-10(3-4-21-15(12)13)17(25)23-16(20)11-2-1-9(24)7-14(11)22-23/h5-6,9-10,21,24H,1-4,7,20H2. The van der Waals surface area contributed by atoms with Crippen molar-refractivity contribution in [3.63, 3.8) is 0 Å². The highest BCUT2D eigenvalue weighted by Crippen LogP contribution is 2.39. The summed E-state index contributed by atoms with van der Waals surface area (Å²) in [7, 11) is 0. The lowest BCUT2D eigenvalue weighted by Crippen LogP contribution is -2.28. The summed E-state index contributed by atoms with van der Waals surface area (Å²) >= 11 is 6.10. The molecular formula is C17H18ClFN4O2. The minimum absolute atomic E-state index is 0.253. The fourth-order valence-corrected chi connectivity index (χ4v) is 3.99. The van der Waals surface area contributed by atoms with E-state index in [1.807, 2.05) is 0 Å². The number of aliphatic hydroxyl groups excluding tert-OH is 1. The number of fused-ring (bicyclic) bond motifs is 2. The Labute approximate surface area is 148 Å². The number of halogens is 2. The Morgan fingerprint density at radius 3 is 3.04 bits per heavy atom. The molecule has 4 rings (SSSR count). The van der Waals surface area contributed by atoms with Gasteiger partial charge in [0.15, 0.2) is 0 Å². The van der Waals surface area contributed by atoms with Crippen molar-refractivity contribution < 1.29 is 14.3 Å². The van der Waals surface area contributed by atoms with Crippen molar-refractivity contribution in [2.24, 2.45) is 0 Å². The highest BCUT2D eigenvalue weighted by Gasteiger charge is 2.33. The van der Waals surface area contributed by atoms with Gasteiger partial charge in [-0.05, 0) is 37.0 Å². The SMILES string of the molecule is Nc1c2c(nn1C(=O)C1CCNc3c(Cl)cc(F)cc31)CC(O)CC2. The molecule has 0 fully saturated rings. The molecule has 1 aliphatic carbocycles. The first-order chi connectivity index (χ1) is 12.0. The predicted octanol–water partition coefficient (Wildman–Crippen LogP) is 2.35. The molecule has 25 heavy (non-hydrogen) atoms. The highest BCUT2D eigenvalue weighted by molar-refractivity contribution is 6.33. The number of nitrogens with two attached hydrogens (primary N) is 1. The molecule has 2 atom stereocenters. The molecule has 2 unspecified atom stereocenters. The van der Waals surface area contributed by atoms with Gasteiger partial charge >= 0.3 is 0 Å². The van der Waals surface area contributed by atoms with Gasteiger partial charge in [-0.3, -0.25) is 4.79 Å². The van der Waals surface area contributed by atoms with Crippen molar-refractivity contribution in [2.45, 2.75) is 37.7 Å². The number of aliphatic hydroxyl groups is 1. The lowest BCUT2D eigenvalue weighted by atomic mass is 9.90. The lowest BCUT2D eigenvalue weighted by Gasteiger charge is -2.26. The van der Waals surface area contributed by atoms with Crippen LogP contribution in [0.1, 0.15) is 40.4 Å². The number of nitrogens with zero attached hydrogens (tertiary/aromatic N) is 2. The van der Waals surface area contributed by atoms with Crippen LogP contribution in [0, 0.1) is 5.82 Å². The van der Waals surface area contributed by atoms with Crippen LogP contribution < -0.4 is 11.1 Å². The van der Waals surface area contributed by atoms with Gasteiger partial charge in [0.2, 0.25) is 0 Å². The number of carbonyl (C=O) groups is 1. The molecule has 1 aliphatic heterocycles. The molecule has 6 nitrogen and oxygen atoms in total. The van der Waals surface area contributed by atoms with Crippen molar-refractivity contribution in [3.05, 3.63) is 39.8 Å². The molecule has 4 N–H and O–H groups in total. The van der Waals surface area contributed by atoms with Gasteiger partial charge in [0.25, 0.3) is 5.91 Å². The Kier molecular flexibility index (Phi) is 3.92. The van der Waals surface area contributed by atoms with E-state index in [2.05, 4.69) is 10.4 Å². The van der Waals surface area contributed by atoms with E-state index in [0.717, 1.165) is 5.56 Å². The van der Waals surface area contributed by atoms with Gasteiger partial charge < -0.3 is 16.2 Å². The monoisotopic (exact) mass is 364 g/mol. The molecule has 0 saturated carbocycles. The Morgan fingerprint density at radius 1 is 1.44 bits per heavy atom. The number of aromatic nitrogens is 2. The minimum atomic E-state index is -0.571. The van der Waals surface area contributed by atoms with Crippen LogP contribution >= 0.6 is 11.6 Å². The second kappa shape index (κ2) is 6.00. The number of benzene rings is 1. The third kappa shape index (κ3) is 2.67. The number of nitrogens with one attached hydrogen (secondary N) is 1. The fourth-order valence-electron chi connectivity index (χ4n) is 3.71. The van der Waals surface area contributed by atoms with E-state index in [4.69, 9.17) is 17.3 Å². The van der Waals surface area contributed by atoms with Crippen LogP contribution in [0.5, 0.6) is 0 Å². The molecule has 1 aromatic heterocycles. The van der Waals surface area contributed by atoms with E-state index >= 15 is 0 Å². The van der Waals surface area contributed by atoms with Crippen LogP contribution in [0.4, 0.5) is 15.9 Å². The number of rotatable bonds is 1. The smallest absolute Gasteiger partial charge is 0.256 e. The van der Waals surface area contributed by atoms with Crippen LogP contribution in [0.15, 0.2) is 12.1 Å². The highest BCUT2D eigenvalue weighted by atomic mass is 35.5. The van der Waals surface area contributed by atoms with Crippen molar-refractivity contribution in [1.29, 1.82) is 0 Å². The fraction of sp³-hybridized carbons (Fsp3) is 0.412. The average molecular weight is 365 g/mol. The van der Waals surface area contributed by atoms with Gasteiger partial charge in [0, 0.05) is 18.5 Å². The van der Waals surface area contributed by atoms with E-state index in [0.29, 0.717) is 55.0 Å². The number of carbonyl (C=O) groups excluding carboxylic acids is 1. The van der Waals surface area contributed by atoms with Crippen LogP contribution in [-0.4, -0.2) is 33.4 Å². The molecule has 0 radical (unpaired) electrons. The summed E-state index contributed by atoms with van der Waals surface area (Å²) < 4.78 is 15.0. The van der Waals surface area contributed by atoms with Gasteiger partial charge in [0.05, 0.1) is 28.4 Å². The molecule has 0 saturated heterocycles. The summed E-state index contributed by atoms with van der Waals surface area (Å²) in [5.41, 5.74) is 8.73. The maximum absolute atomic E-state index is 13.8. The maximum Gasteiger partial charge on any atom is 0.256 e. The molecule has 132 valence electrons. The number of anilines is 2. The average Bonchev–Trinajstić information content (AvgIpc) is 2.89. The molecule has 2 heterocycles. The summed E-state index contributed by atoms with van der Waals surface area (Å²) in [6, 6.07) is 2.56. The summed E-state index contributed by atoms with van der Waals surface area (Å²) in [5, 5.41) is 17.5. The molecule has 0 spiro atoms. The zero-order chi connectivity index (χ0) is 17.7. The Bertz CT molecular complexity index is 867. The van der Waals surface area contributed by atoms with Crippen LogP contribution in [0.3, 0.4) is 0 Å². The Balaban J connectivity index is 1.74. The Hall–Kier alpha value is -2.12. The summed E-state index contributed by atoms with van der Waals surface area (Å²) in [5.74, 6) is -1.04. The second-order valence-electron chi connectivity index (χ2n) is 6.58. The predicted molar refractivity (Wildman–Crippen MR) is 92.6 cm³/mol. The van der Waals surface area contributed by atoms with Crippen LogP contribution in [0.25, 0.3) is 0 Å². The van der Waals surface area contributed by atoms with Crippen molar-refractivity contribution in [1.82, 2.24) is 9.78 Å². The summed E-state index contributed by atoms with van der Waals surface area (Å²) in [6.45, 7) is 0.550. The molecule has 2 aliphatic rings. The van der Waals surface area contributed by atoms with E-state index in [1.54, 1.807) is 0 Å². The number of hydrogen-bond acceptors (Lipinski definition) is 5.